The zero-order chi connectivity index (χ0) is 9.56. The second kappa shape index (κ2) is 6.33. The fourth-order valence-electron chi connectivity index (χ4n) is 1.10. The van der Waals surface area contributed by atoms with E-state index in [4.69, 9.17) is 21.1 Å². The molecular formula is C7H17NO4. The number of rotatable bonds is 6. The molecule has 0 saturated heterocycles. The molecule has 6 N–H and O–H groups in total. The predicted molar refractivity (Wildman–Crippen MR) is 43.1 cm³/mol. The summed E-state index contributed by atoms with van der Waals surface area (Å²) in [5.74, 6) is -0.347. The molecule has 0 aliphatic heterocycles. The van der Waals surface area contributed by atoms with Crippen LogP contribution in [-0.2, 0) is 0 Å². The van der Waals surface area contributed by atoms with Crippen molar-refractivity contribution < 1.29 is 20.4 Å². The highest BCUT2D eigenvalue weighted by Crippen LogP contribution is 2.14. The quantitative estimate of drug-likeness (QED) is 0.303. The number of aliphatic hydroxyl groups is 4. The normalized spacial score (nSPS) is 16.5. The SMILES string of the molecule is NC(O)C(O)C(CCO)CCO. The highest BCUT2D eigenvalue weighted by atomic mass is 16.3. The zero-order valence-corrected chi connectivity index (χ0v) is 6.93. The predicted octanol–water partition coefficient (Wildman–Crippen LogP) is -1.99. The maximum atomic E-state index is 9.25. The zero-order valence-electron chi connectivity index (χ0n) is 6.93. The molecule has 0 aliphatic rings. The molecule has 5 nitrogen and oxygen atoms in total. The molecular weight excluding hydrogens is 162 g/mol. The smallest absolute Gasteiger partial charge is 0.128 e. The Kier molecular flexibility index (Phi) is 6.23. The van der Waals surface area contributed by atoms with E-state index in [0.717, 1.165) is 0 Å². The van der Waals surface area contributed by atoms with Crippen LogP contribution in [0.25, 0.3) is 0 Å². The van der Waals surface area contributed by atoms with Crippen molar-refractivity contribution in [1.29, 1.82) is 0 Å². The van der Waals surface area contributed by atoms with Gasteiger partial charge in [-0.05, 0) is 18.8 Å². The number of aliphatic hydroxyl groups excluding tert-OH is 4. The van der Waals surface area contributed by atoms with Crippen molar-refractivity contribution in [2.45, 2.75) is 25.2 Å². The average Bonchev–Trinajstić information content (AvgIpc) is 2.03. The monoisotopic (exact) mass is 179 g/mol. The van der Waals surface area contributed by atoms with Gasteiger partial charge in [0.15, 0.2) is 0 Å². The molecule has 0 spiro atoms. The summed E-state index contributed by atoms with van der Waals surface area (Å²) < 4.78 is 0. The molecule has 5 heteroatoms. The van der Waals surface area contributed by atoms with Crippen LogP contribution in [0, 0.1) is 5.92 Å². The first kappa shape index (κ1) is 11.8. The van der Waals surface area contributed by atoms with Gasteiger partial charge in [-0.1, -0.05) is 0 Å². The van der Waals surface area contributed by atoms with Gasteiger partial charge in [0.1, 0.15) is 6.23 Å². The van der Waals surface area contributed by atoms with Crippen LogP contribution >= 0.6 is 0 Å². The van der Waals surface area contributed by atoms with E-state index in [0.29, 0.717) is 12.8 Å². The maximum absolute atomic E-state index is 9.25. The lowest BCUT2D eigenvalue weighted by Crippen LogP contribution is -2.40. The Morgan fingerprint density at radius 2 is 1.42 bits per heavy atom. The first-order valence-corrected chi connectivity index (χ1v) is 3.97. The van der Waals surface area contributed by atoms with E-state index in [1.165, 1.54) is 0 Å². The third-order valence-corrected chi connectivity index (χ3v) is 1.83. The summed E-state index contributed by atoms with van der Waals surface area (Å²) >= 11 is 0. The molecule has 2 unspecified atom stereocenters. The van der Waals surface area contributed by atoms with Crippen LogP contribution in [0.15, 0.2) is 0 Å². The molecule has 0 amide bonds. The largest absolute Gasteiger partial charge is 0.396 e. The number of hydrogen-bond donors (Lipinski definition) is 5. The molecule has 2 atom stereocenters. The highest BCUT2D eigenvalue weighted by Gasteiger charge is 2.22. The Labute approximate surface area is 71.4 Å². The van der Waals surface area contributed by atoms with Crippen LogP contribution in [0.2, 0.25) is 0 Å². The summed E-state index contributed by atoms with van der Waals surface area (Å²) in [6, 6.07) is 0. The first-order chi connectivity index (χ1) is 5.63. The average molecular weight is 179 g/mol. The summed E-state index contributed by atoms with van der Waals surface area (Å²) in [5.41, 5.74) is 5.04. The molecule has 74 valence electrons. The van der Waals surface area contributed by atoms with Gasteiger partial charge in [0.25, 0.3) is 0 Å². The Morgan fingerprint density at radius 3 is 1.67 bits per heavy atom. The van der Waals surface area contributed by atoms with E-state index in [-0.39, 0.29) is 19.1 Å². The van der Waals surface area contributed by atoms with E-state index >= 15 is 0 Å². The summed E-state index contributed by atoms with van der Waals surface area (Å²) in [5, 5.41) is 35.2. The van der Waals surface area contributed by atoms with Crippen molar-refractivity contribution in [3.8, 4) is 0 Å². The topological polar surface area (TPSA) is 107 Å². The summed E-state index contributed by atoms with van der Waals surface area (Å²) in [4.78, 5) is 0. The van der Waals surface area contributed by atoms with Crippen LogP contribution in [0.4, 0.5) is 0 Å². The van der Waals surface area contributed by atoms with Crippen molar-refractivity contribution in [2.75, 3.05) is 13.2 Å². The molecule has 0 aliphatic carbocycles. The van der Waals surface area contributed by atoms with Gasteiger partial charge in [0.2, 0.25) is 0 Å². The van der Waals surface area contributed by atoms with Gasteiger partial charge in [-0.25, -0.2) is 0 Å². The Hall–Kier alpha value is -0.200. The molecule has 0 radical (unpaired) electrons. The van der Waals surface area contributed by atoms with Gasteiger partial charge in [-0.3, -0.25) is 0 Å². The van der Waals surface area contributed by atoms with Crippen LogP contribution in [0.1, 0.15) is 12.8 Å². The number of nitrogens with two attached hydrogens (primary N) is 1. The summed E-state index contributed by atoms with van der Waals surface area (Å²) in [6.45, 7) is -0.178. The standard InChI is InChI=1S/C7H17NO4/c8-7(12)6(11)5(1-3-9)2-4-10/h5-7,9-12H,1-4,8H2. The third kappa shape index (κ3) is 3.99. The summed E-state index contributed by atoms with van der Waals surface area (Å²) in [7, 11) is 0. The molecule has 0 aromatic carbocycles. The van der Waals surface area contributed by atoms with Gasteiger partial charge in [-0.2, -0.15) is 0 Å². The van der Waals surface area contributed by atoms with E-state index in [9.17, 15) is 5.11 Å². The molecule has 0 fully saturated rings. The van der Waals surface area contributed by atoms with E-state index in [2.05, 4.69) is 0 Å². The van der Waals surface area contributed by atoms with Crippen molar-refractivity contribution >= 4 is 0 Å². The van der Waals surface area contributed by atoms with E-state index in [1.54, 1.807) is 0 Å². The van der Waals surface area contributed by atoms with Gasteiger partial charge in [0.05, 0.1) is 6.10 Å². The minimum absolute atomic E-state index is 0.0888. The van der Waals surface area contributed by atoms with Gasteiger partial charge < -0.3 is 26.2 Å². The second-order valence-electron chi connectivity index (χ2n) is 2.77. The Bertz CT molecular complexity index is 104. The maximum Gasteiger partial charge on any atom is 0.128 e. The first-order valence-electron chi connectivity index (χ1n) is 3.97. The minimum atomic E-state index is -1.31. The molecule has 0 aromatic heterocycles. The molecule has 0 bridgehead atoms. The van der Waals surface area contributed by atoms with E-state index < -0.39 is 12.3 Å². The lowest BCUT2D eigenvalue weighted by molar-refractivity contribution is -0.0259. The van der Waals surface area contributed by atoms with Crippen molar-refractivity contribution in [2.24, 2.45) is 11.7 Å². The van der Waals surface area contributed by atoms with Crippen LogP contribution in [0.5, 0.6) is 0 Å². The van der Waals surface area contributed by atoms with E-state index in [1.807, 2.05) is 0 Å². The highest BCUT2D eigenvalue weighted by molar-refractivity contribution is 4.72. The molecule has 0 rings (SSSR count). The fraction of sp³-hybridized carbons (Fsp3) is 1.00. The fourth-order valence-corrected chi connectivity index (χ4v) is 1.10. The molecule has 0 heterocycles. The van der Waals surface area contributed by atoms with Gasteiger partial charge in [-0.15, -0.1) is 0 Å². The summed E-state index contributed by atoms with van der Waals surface area (Å²) in [6.07, 6.45) is -1.73. The third-order valence-electron chi connectivity index (χ3n) is 1.83. The van der Waals surface area contributed by atoms with Gasteiger partial charge >= 0.3 is 0 Å². The molecule has 12 heavy (non-hydrogen) atoms. The van der Waals surface area contributed by atoms with Crippen LogP contribution < -0.4 is 5.73 Å². The van der Waals surface area contributed by atoms with Crippen molar-refractivity contribution in [3.05, 3.63) is 0 Å². The second-order valence-corrected chi connectivity index (χ2v) is 2.77. The minimum Gasteiger partial charge on any atom is -0.396 e. The van der Waals surface area contributed by atoms with Crippen LogP contribution in [0.3, 0.4) is 0 Å². The lowest BCUT2D eigenvalue weighted by atomic mass is 9.94. The Morgan fingerprint density at radius 1 is 1.00 bits per heavy atom. The van der Waals surface area contributed by atoms with Gasteiger partial charge in [0, 0.05) is 13.2 Å². The molecule has 0 aromatic rings. The van der Waals surface area contributed by atoms with Crippen molar-refractivity contribution in [1.82, 2.24) is 0 Å². The molecule has 0 saturated carbocycles. The van der Waals surface area contributed by atoms with Crippen LogP contribution in [-0.4, -0.2) is 46.0 Å². The number of hydrogen-bond acceptors (Lipinski definition) is 5. The van der Waals surface area contributed by atoms with Crippen molar-refractivity contribution in [3.63, 3.8) is 0 Å². The lowest BCUT2D eigenvalue weighted by Gasteiger charge is -2.23. The Balaban J connectivity index is 3.89.